The van der Waals surface area contributed by atoms with Crippen molar-refractivity contribution in [3.63, 3.8) is 0 Å². The molecule has 0 radical (unpaired) electrons. The Morgan fingerprint density at radius 3 is 2.39 bits per heavy atom. The molecule has 0 bridgehead atoms. The van der Waals surface area contributed by atoms with Crippen LogP contribution >= 0.6 is 0 Å². The summed E-state index contributed by atoms with van der Waals surface area (Å²) in [6, 6.07) is 0.841. The van der Waals surface area contributed by atoms with Gasteiger partial charge in [-0.2, -0.15) is 0 Å². The maximum absolute atomic E-state index is 3.44. The van der Waals surface area contributed by atoms with Crippen molar-refractivity contribution in [1.29, 1.82) is 0 Å². The molecule has 0 aromatic heterocycles. The lowest BCUT2D eigenvalue weighted by atomic mass is 9.81. The third-order valence-electron chi connectivity index (χ3n) is 5.43. The van der Waals surface area contributed by atoms with Gasteiger partial charge in [-0.15, -0.1) is 0 Å². The van der Waals surface area contributed by atoms with Crippen molar-refractivity contribution in [2.45, 2.75) is 64.3 Å². The zero-order chi connectivity index (χ0) is 13.0. The highest BCUT2D eigenvalue weighted by Gasteiger charge is 2.36. The summed E-state index contributed by atoms with van der Waals surface area (Å²) in [5.41, 5.74) is 0.570. The number of hydrogen-bond donors (Lipinski definition) is 1. The molecule has 2 atom stereocenters. The summed E-state index contributed by atoms with van der Waals surface area (Å²) in [6.45, 7) is 4.97. The number of nitrogens with zero attached hydrogens (tertiary/aromatic N) is 1. The predicted octanol–water partition coefficient (Wildman–Crippen LogP) is 3.28. The Morgan fingerprint density at radius 1 is 1.11 bits per heavy atom. The van der Waals surface area contributed by atoms with Crippen LogP contribution in [0.2, 0.25) is 0 Å². The molecule has 2 nitrogen and oxygen atoms in total. The second-order valence-corrected chi connectivity index (χ2v) is 6.98. The minimum atomic E-state index is 0.570. The van der Waals surface area contributed by atoms with Crippen LogP contribution in [-0.2, 0) is 0 Å². The fourth-order valence-electron chi connectivity index (χ4n) is 4.49. The highest BCUT2D eigenvalue weighted by Crippen LogP contribution is 2.39. The Labute approximate surface area is 114 Å². The molecule has 0 aliphatic heterocycles. The second kappa shape index (κ2) is 6.38. The first kappa shape index (κ1) is 14.3. The maximum atomic E-state index is 3.44. The van der Waals surface area contributed by atoms with Gasteiger partial charge in [-0.05, 0) is 51.1 Å². The molecule has 2 heteroatoms. The number of rotatable bonds is 5. The van der Waals surface area contributed by atoms with E-state index in [-0.39, 0.29) is 0 Å². The Morgan fingerprint density at radius 2 is 1.78 bits per heavy atom. The van der Waals surface area contributed by atoms with Gasteiger partial charge in [0.25, 0.3) is 0 Å². The molecule has 2 saturated carbocycles. The minimum absolute atomic E-state index is 0.570. The molecule has 0 aromatic carbocycles. The van der Waals surface area contributed by atoms with Crippen molar-refractivity contribution in [1.82, 2.24) is 10.2 Å². The molecule has 2 unspecified atom stereocenters. The first-order valence-corrected chi connectivity index (χ1v) is 8.02. The van der Waals surface area contributed by atoms with E-state index in [0.29, 0.717) is 5.41 Å². The van der Waals surface area contributed by atoms with Crippen LogP contribution in [-0.4, -0.2) is 38.1 Å². The van der Waals surface area contributed by atoms with Gasteiger partial charge in [-0.1, -0.05) is 32.6 Å². The van der Waals surface area contributed by atoms with Crippen molar-refractivity contribution in [3.8, 4) is 0 Å². The van der Waals surface area contributed by atoms with Crippen LogP contribution in [0.4, 0.5) is 0 Å². The lowest BCUT2D eigenvalue weighted by Crippen LogP contribution is -2.47. The topological polar surface area (TPSA) is 15.3 Å². The maximum Gasteiger partial charge on any atom is 0.0118 e. The van der Waals surface area contributed by atoms with E-state index in [0.717, 1.165) is 12.0 Å². The summed E-state index contributed by atoms with van der Waals surface area (Å²) in [7, 11) is 4.49. The van der Waals surface area contributed by atoms with E-state index < -0.39 is 0 Å². The second-order valence-electron chi connectivity index (χ2n) is 6.98. The van der Waals surface area contributed by atoms with Crippen LogP contribution in [0.15, 0.2) is 0 Å². The number of hydrogen-bond acceptors (Lipinski definition) is 2. The van der Waals surface area contributed by atoms with Crippen LogP contribution in [0.5, 0.6) is 0 Å². The van der Waals surface area contributed by atoms with Gasteiger partial charge >= 0.3 is 0 Å². The largest absolute Gasteiger partial charge is 0.319 e. The smallest absolute Gasteiger partial charge is 0.0118 e. The standard InChI is InChI=1S/C16H32N2/c1-14-8-4-5-9-15(14)18(3)13-16(12-17-2)10-6-7-11-16/h14-15,17H,4-13H2,1-3H3. The normalized spacial score (nSPS) is 32.0. The third kappa shape index (κ3) is 3.27. The third-order valence-corrected chi connectivity index (χ3v) is 5.43. The zero-order valence-electron chi connectivity index (χ0n) is 12.7. The molecule has 106 valence electrons. The van der Waals surface area contributed by atoms with Gasteiger partial charge in [0.2, 0.25) is 0 Å². The number of nitrogens with one attached hydrogen (secondary N) is 1. The minimum Gasteiger partial charge on any atom is -0.319 e. The van der Waals surface area contributed by atoms with Gasteiger partial charge in [-0.25, -0.2) is 0 Å². The van der Waals surface area contributed by atoms with Gasteiger partial charge < -0.3 is 10.2 Å². The van der Waals surface area contributed by atoms with Crippen molar-refractivity contribution >= 4 is 0 Å². The first-order valence-electron chi connectivity index (χ1n) is 8.02. The van der Waals surface area contributed by atoms with Gasteiger partial charge in [0, 0.05) is 19.1 Å². The Bertz CT molecular complexity index is 245. The average molecular weight is 252 g/mol. The Hall–Kier alpha value is -0.0800. The highest BCUT2D eigenvalue weighted by molar-refractivity contribution is 4.91. The summed E-state index contributed by atoms with van der Waals surface area (Å²) in [4.78, 5) is 2.70. The first-order chi connectivity index (χ1) is 8.67. The molecule has 0 amide bonds. The average Bonchev–Trinajstić information content (AvgIpc) is 2.78. The molecule has 2 rings (SSSR count). The molecule has 1 N–H and O–H groups in total. The lowest BCUT2D eigenvalue weighted by molar-refractivity contribution is 0.0852. The van der Waals surface area contributed by atoms with Crippen molar-refractivity contribution in [2.75, 3.05) is 27.2 Å². The predicted molar refractivity (Wildman–Crippen MR) is 78.9 cm³/mol. The van der Waals surface area contributed by atoms with Gasteiger partial charge in [0.1, 0.15) is 0 Å². The molecule has 2 aliphatic carbocycles. The van der Waals surface area contributed by atoms with Crippen LogP contribution in [0.3, 0.4) is 0 Å². The molecule has 0 saturated heterocycles. The molecular weight excluding hydrogens is 220 g/mol. The molecule has 18 heavy (non-hydrogen) atoms. The zero-order valence-corrected chi connectivity index (χ0v) is 12.7. The highest BCUT2D eigenvalue weighted by atomic mass is 15.1. The van der Waals surface area contributed by atoms with Crippen LogP contribution < -0.4 is 5.32 Å². The van der Waals surface area contributed by atoms with E-state index in [2.05, 4.69) is 31.2 Å². The molecule has 2 aliphatic rings. The van der Waals surface area contributed by atoms with Crippen molar-refractivity contribution < 1.29 is 0 Å². The summed E-state index contributed by atoms with van der Waals surface area (Å²) in [5, 5.41) is 3.44. The SMILES string of the molecule is CNCC1(CN(C)C2CCCCC2C)CCCC1. The summed E-state index contributed by atoms with van der Waals surface area (Å²) in [5.74, 6) is 0.900. The molecule has 2 fully saturated rings. The quantitative estimate of drug-likeness (QED) is 0.808. The lowest BCUT2D eigenvalue weighted by Gasteiger charge is -2.41. The molecule has 0 heterocycles. The van der Waals surface area contributed by atoms with Gasteiger partial charge in [0.15, 0.2) is 0 Å². The van der Waals surface area contributed by atoms with E-state index >= 15 is 0 Å². The van der Waals surface area contributed by atoms with E-state index in [9.17, 15) is 0 Å². The van der Waals surface area contributed by atoms with Crippen LogP contribution in [0.1, 0.15) is 58.3 Å². The van der Waals surface area contributed by atoms with E-state index in [1.54, 1.807) is 0 Å². The monoisotopic (exact) mass is 252 g/mol. The summed E-state index contributed by atoms with van der Waals surface area (Å²) < 4.78 is 0. The molecule has 0 aromatic rings. The molecular formula is C16H32N2. The van der Waals surface area contributed by atoms with Crippen molar-refractivity contribution in [3.05, 3.63) is 0 Å². The van der Waals surface area contributed by atoms with Crippen LogP contribution in [0, 0.1) is 11.3 Å². The fraction of sp³-hybridized carbons (Fsp3) is 1.00. The Kier molecular flexibility index (Phi) is 5.08. The van der Waals surface area contributed by atoms with Crippen LogP contribution in [0.25, 0.3) is 0 Å². The van der Waals surface area contributed by atoms with Crippen molar-refractivity contribution in [2.24, 2.45) is 11.3 Å². The van der Waals surface area contributed by atoms with Gasteiger partial charge in [-0.3, -0.25) is 0 Å². The van der Waals surface area contributed by atoms with E-state index in [1.165, 1.54) is 64.5 Å². The molecule has 0 spiro atoms. The van der Waals surface area contributed by atoms with E-state index in [4.69, 9.17) is 0 Å². The summed E-state index contributed by atoms with van der Waals surface area (Å²) in [6.07, 6.45) is 11.5. The Balaban J connectivity index is 1.93. The fourth-order valence-corrected chi connectivity index (χ4v) is 4.49. The van der Waals surface area contributed by atoms with Gasteiger partial charge in [0.05, 0.1) is 0 Å². The summed E-state index contributed by atoms with van der Waals surface area (Å²) >= 11 is 0. The van der Waals surface area contributed by atoms with E-state index in [1.807, 2.05) is 0 Å².